The Labute approximate surface area is 159 Å². The first kappa shape index (κ1) is 18.6. The van der Waals surface area contributed by atoms with Gasteiger partial charge in [-0.1, -0.05) is 23.7 Å². The van der Waals surface area contributed by atoms with Crippen LogP contribution in [0.2, 0.25) is 5.02 Å². The van der Waals surface area contributed by atoms with E-state index in [9.17, 15) is 14.9 Å². The summed E-state index contributed by atoms with van der Waals surface area (Å²) in [6, 6.07) is 9.08. The van der Waals surface area contributed by atoms with E-state index < -0.39 is 10.8 Å². The summed E-state index contributed by atoms with van der Waals surface area (Å²) >= 11 is 6.00. The van der Waals surface area contributed by atoms with Crippen molar-refractivity contribution in [3.63, 3.8) is 0 Å². The van der Waals surface area contributed by atoms with Gasteiger partial charge in [0.15, 0.2) is 5.82 Å². The molecule has 0 aliphatic heterocycles. The molecular formula is C17H17ClN6O3. The van der Waals surface area contributed by atoms with E-state index in [2.05, 4.69) is 15.5 Å². The van der Waals surface area contributed by atoms with E-state index in [-0.39, 0.29) is 17.2 Å². The number of nitro groups is 1. The molecule has 1 aromatic carbocycles. The third-order valence-electron chi connectivity index (χ3n) is 4.14. The summed E-state index contributed by atoms with van der Waals surface area (Å²) < 4.78 is 3.01. The van der Waals surface area contributed by atoms with E-state index in [4.69, 9.17) is 11.6 Å². The SMILES string of the molecule is Cc1c([N+](=O)[O-])c(C(=O)Nc2cc(C)n(Cc3cccc(Cl)c3)n2)nn1C. The molecule has 140 valence electrons. The Bertz CT molecular complexity index is 1040. The van der Waals surface area contributed by atoms with E-state index in [0.29, 0.717) is 17.3 Å². The summed E-state index contributed by atoms with van der Waals surface area (Å²) in [5.41, 5.74) is 1.51. The van der Waals surface area contributed by atoms with E-state index in [1.54, 1.807) is 23.9 Å². The number of nitrogens with one attached hydrogen (secondary N) is 1. The van der Waals surface area contributed by atoms with Gasteiger partial charge in [0.05, 0.1) is 11.5 Å². The maximum Gasteiger partial charge on any atom is 0.322 e. The number of rotatable bonds is 5. The predicted molar refractivity (Wildman–Crippen MR) is 100 cm³/mol. The first-order chi connectivity index (χ1) is 12.8. The highest BCUT2D eigenvalue weighted by molar-refractivity contribution is 6.30. The molecule has 1 N–H and O–H groups in total. The third-order valence-corrected chi connectivity index (χ3v) is 4.38. The molecule has 0 atom stereocenters. The van der Waals surface area contributed by atoms with Gasteiger partial charge in [0.25, 0.3) is 5.91 Å². The van der Waals surface area contributed by atoms with Gasteiger partial charge in [-0.05, 0) is 31.5 Å². The Morgan fingerprint density at radius 1 is 1.30 bits per heavy atom. The van der Waals surface area contributed by atoms with Crippen LogP contribution < -0.4 is 5.32 Å². The fourth-order valence-corrected chi connectivity index (χ4v) is 2.90. The lowest BCUT2D eigenvalue weighted by molar-refractivity contribution is -0.385. The molecule has 0 saturated carbocycles. The quantitative estimate of drug-likeness (QED) is 0.533. The lowest BCUT2D eigenvalue weighted by Gasteiger charge is -2.05. The van der Waals surface area contributed by atoms with E-state index >= 15 is 0 Å². The van der Waals surface area contributed by atoms with Crippen LogP contribution in [0.1, 0.15) is 27.4 Å². The summed E-state index contributed by atoms with van der Waals surface area (Å²) in [5.74, 6) is -0.394. The number of anilines is 1. The van der Waals surface area contributed by atoms with Crippen molar-refractivity contribution in [1.82, 2.24) is 19.6 Å². The van der Waals surface area contributed by atoms with Crippen LogP contribution in [0.3, 0.4) is 0 Å². The number of hydrogen-bond acceptors (Lipinski definition) is 5. The van der Waals surface area contributed by atoms with Crippen LogP contribution in [0.5, 0.6) is 0 Å². The van der Waals surface area contributed by atoms with Crippen LogP contribution in [0.15, 0.2) is 30.3 Å². The molecule has 0 fully saturated rings. The summed E-state index contributed by atoms with van der Waals surface area (Å²) in [5, 5.41) is 22.7. The van der Waals surface area contributed by atoms with Crippen molar-refractivity contribution in [3.8, 4) is 0 Å². The number of benzene rings is 1. The molecule has 0 unspecified atom stereocenters. The van der Waals surface area contributed by atoms with Crippen molar-refractivity contribution >= 4 is 29.0 Å². The normalized spacial score (nSPS) is 10.8. The summed E-state index contributed by atoms with van der Waals surface area (Å²) in [6.07, 6.45) is 0. The highest BCUT2D eigenvalue weighted by Gasteiger charge is 2.29. The fourth-order valence-electron chi connectivity index (χ4n) is 2.68. The van der Waals surface area contributed by atoms with Gasteiger partial charge in [-0.15, -0.1) is 0 Å². The predicted octanol–water partition coefficient (Wildman–Crippen LogP) is 3.10. The number of aromatic nitrogens is 4. The number of halogens is 1. The zero-order valence-corrected chi connectivity index (χ0v) is 15.7. The first-order valence-electron chi connectivity index (χ1n) is 8.04. The molecular weight excluding hydrogens is 372 g/mol. The van der Waals surface area contributed by atoms with E-state index in [1.165, 1.54) is 11.6 Å². The second kappa shape index (κ2) is 7.20. The lowest BCUT2D eigenvalue weighted by atomic mass is 10.2. The number of carbonyl (C=O) groups is 1. The Kier molecular flexibility index (Phi) is 4.95. The molecule has 0 bridgehead atoms. The number of carbonyl (C=O) groups excluding carboxylic acids is 1. The van der Waals surface area contributed by atoms with Gasteiger partial charge in [-0.3, -0.25) is 24.3 Å². The summed E-state index contributed by atoms with van der Waals surface area (Å²) in [6.45, 7) is 3.86. The molecule has 3 aromatic rings. The van der Waals surface area contributed by atoms with Gasteiger partial charge in [-0.25, -0.2) is 0 Å². The Balaban J connectivity index is 1.82. The fraction of sp³-hybridized carbons (Fsp3) is 0.235. The number of hydrogen-bond donors (Lipinski definition) is 1. The molecule has 0 saturated heterocycles. The summed E-state index contributed by atoms with van der Waals surface area (Å²) in [4.78, 5) is 23.1. The summed E-state index contributed by atoms with van der Waals surface area (Å²) in [7, 11) is 1.54. The van der Waals surface area contributed by atoms with Crippen molar-refractivity contribution in [3.05, 3.63) is 68.1 Å². The van der Waals surface area contributed by atoms with Crippen LogP contribution >= 0.6 is 11.6 Å². The second-order valence-electron chi connectivity index (χ2n) is 6.08. The van der Waals surface area contributed by atoms with Crippen molar-refractivity contribution in [1.29, 1.82) is 0 Å². The largest absolute Gasteiger partial charge is 0.322 e. The molecule has 0 spiro atoms. The van der Waals surface area contributed by atoms with E-state index in [1.807, 2.05) is 25.1 Å². The molecule has 0 aliphatic rings. The van der Waals surface area contributed by atoms with Crippen LogP contribution in [0.4, 0.5) is 11.5 Å². The molecule has 0 aliphatic carbocycles. The van der Waals surface area contributed by atoms with Gasteiger partial charge in [-0.2, -0.15) is 10.2 Å². The Morgan fingerprint density at radius 3 is 2.70 bits per heavy atom. The van der Waals surface area contributed by atoms with Gasteiger partial charge in [0.2, 0.25) is 5.69 Å². The maximum atomic E-state index is 12.5. The zero-order valence-electron chi connectivity index (χ0n) is 14.9. The molecule has 27 heavy (non-hydrogen) atoms. The molecule has 10 heteroatoms. The van der Waals surface area contributed by atoms with Gasteiger partial charge >= 0.3 is 5.69 Å². The molecule has 0 radical (unpaired) electrons. The van der Waals surface area contributed by atoms with Crippen LogP contribution in [0.25, 0.3) is 0 Å². The van der Waals surface area contributed by atoms with Gasteiger partial charge in [0, 0.05) is 23.8 Å². The molecule has 2 aromatic heterocycles. The first-order valence-corrected chi connectivity index (χ1v) is 8.42. The number of aryl methyl sites for hydroxylation is 2. The minimum absolute atomic E-state index is 0.248. The van der Waals surface area contributed by atoms with Crippen molar-refractivity contribution in [2.75, 3.05) is 5.32 Å². The molecule has 2 heterocycles. The van der Waals surface area contributed by atoms with Gasteiger partial charge in [0.1, 0.15) is 5.69 Å². The molecule has 9 nitrogen and oxygen atoms in total. The minimum Gasteiger partial charge on any atom is -0.303 e. The molecule has 3 rings (SSSR count). The number of amides is 1. The average molecular weight is 389 g/mol. The highest BCUT2D eigenvalue weighted by atomic mass is 35.5. The van der Waals surface area contributed by atoms with E-state index in [0.717, 1.165) is 11.3 Å². The Hall–Kier alpha value is -3.20. The second-order valence-corrected chi connectivity index (χ2v) is 6.51. The highest BCUT2D eigenvalue weighted by Crippen LogP contribution is 2.23. The smallest absolute Gasteiger partial charge is 0.303 e. The van der Waals surface area contributed by atoms with Crippen LogP contribution in [0, 0.1) is 24.0 Å². The lowest BCUT2D eigenvalue weighted by Crippen LogP contribution is -2.15. The zero-order chi connectivity index (χ0) is 19.7. The average Bonchev–Trinajstić information content (AvgIpc) is 3.07. The van der Waals surface area contributed by atoms with Crippen LogP contribution in [-0.4, -0.2) is 30.4 Å². The monoisotopic (exact) mass is 388 g/mol. The molecule has 1 amide bonds. The third kappa shape index (κ3) is 3.82. The maximum absolute atomic E-state index is 12.5. The minimum atomic E-state index is -0.683. The van der Waals surface area contributed by atoms with Crippen molar-refractivity contribution < 1.29 is 9.72 Å². The van der Waals surface area contributed by atoms with Crippen LogP contribution in [-0.2, 0) is 13.6 Å². The van der Waals surface area contributed by atoms with Crippen molar-refractivity contribution in [2.24, 2.45) is 7.05 Å². The number of nitrogens with zero attached hydrogens (tertiary/aromatic N) is 5. The topological polar surface area (TPSA) is 108 Å². The van der Waals surface area contributed by atoms with Crippen molar-refractivity contribution in [2.45, 2.75) is 20.4 Å². The Morgan fingerprint density at radius 2 is 2.04 bits per heavy atom. The van der Waals surface area contributed by atoms with Gasteiger partial charge < -0.3 is 5.32 Å². The standard InChI is InChI=1S/C17H17ClN6O3/c1-10-7-14(20-23(10)9-12-5-4-6-13(18)8-12)19-17(25)15-16(24(26)27)11(2)22(3)21-15/h4-8H,9H2,1-3H3,(H,19,20,25).